The molecule has 0 aliphatic carbocycles. The second-order valence-corrected chi connectivity index (χ2v) is 8.80. The Morgan fingerprint density at radius 3 is 2.19 bits per heavy atom. The molecule has 3 rings (SSSR count). The van der Waals surface area contributed by atoms with Crippen molar-refractivity contribution in [1.82, 2.24) is 14.5 Å². The van der Waals surface area contributed by atoms with Gasteiger partial charge in [-0.25, -0.2) is 13.2 Å². The van der Waals surface area contributed by atoms with Gasteiger partial charge in [-0.2, -0.15) is 4.31 Å². The van der Waals surface area contributed by atoms with E-state index in [1.54, 1.807) is 17.0 Å². The Kier molecular flexibility index (Phi) is 6.04. The number of sulfonamides is 1. The molecule has 0 radical (unpaired) electrons. The molecule has 8 heteroatoms. The van der Waals surface area contributed by atoms with Gasteiger partial charge < -0.3 is 10.2 Å². The van der Waals surface area contributed by atoms with E-state index in [1.165, 1.54) is 16.4 Å². The molecule has 144 valence electrons. The van der Waals surface area contributed by atoms with Crippen molar-refractivity contribution in [1.29, 1.82) is 0 Å². The average Bonchev–Trinajstić information content (AvgIpc) is 2.69. The van der Waals surface area contributed by atoms with Crippen LogP contribution in [0.25, 0.3) is 0 Å². The Bertz CT molecular complexity index is 880. The number of rotatable bonds is 4. The van der Waals surface area contributed by atoms with Gasteiger partial charge in [0.25, 0.3) is 0 Å². The zero-order valence-electron chi connectivity index (χ0n) is 15.0. The minimum absolute atomic E-state index is 0.116. The first-order valence-corrected chi connectivity index (χ1v) is 10.6. The summed E-state index contributed by atoms with van der Waals surface area (Å²) in [5.74, 6) is 0. The molecule has 1 N–H and O–H groups in total. The van der Waals surface area contributed by atoms with E-state index in [9.17, 15) is 13.2 Å². The normalized spacial score (nSPS) is 16.7. The number of piperazine rings is 1. The molecule has 6 nitrogen and oxygen atoms in total. The van der Waals surface area contributed by atoms with Crippen LogP contribution in [0, 0.1) is 0 Å². The maximum Gasteiger partial charge on any atom is 0.317 e. The second-order valence-electron chi connectivity index (χ2n) is 6.43. The molecule has 0 aromatic heterocycles. The maximum atomic E-state index is 12.7. The molecule has 2 amide bonds. The van der Waals surface area contributed by atoms with Gasteiger partial charge in [0.2, 0.25) is 10.0 Å². The first kappa shape index (κ1) is 19.7. The molecule has 1 atom stereocenters. The van der Waals surface area contributed by atoms with Gasteiger partial charge in [0.05, 0.1) is 10.9 Å². The number of benzene rings is 2. The van der Waals surface area contributed by atoms with Crippen molar-refractivity contribution in [2.24, 2.45) is 0 Å². The van der Waals surface area contributed by atoms with Crippen LogP contribution in [0.1, 0.15) is 18.5 Å². The maximum absolute atomic E-state index is 12.7. The third-order valence-electron chi connectivity index (χ3n) is 4.62. The lowest BCUT2D eigenvalue weighted by Crippen LogP contribution is -2.53. The molecule has 27 heavy (non-hydrogen) atoms. The Balaban J connectivity index is 1.58. The van der Waals surface area contributed by atoms with Gasteiger partial charge in [-0.1, -0.05) is 41.9 Å². The van der Waals surface area contributed by atoms with Gasteiger partial charge >= 0.3 is 6.03 Å². The van der Waals surface area contributed by atoms with E-state index in [0.29, 0.717) is 18.1 Å². The third-order valence-corrected chi connectivity index (χ3v) is 6.78. The first-order chi connectivity index (χ1) is 12.9. The fraction of sp³-hybridized carbons (Fsp3) is 0.316. The summed E-state index contributed by atoms with van der Waals surface area (Å²) in [6.45, 7) is 3.14. The molecule has 0 spiro atoms. The standard InChI is InChI=1S/C19H22ClN3O3S/c1-15(16-5-3-2-4-6-16)21-19(24)22-11-13-23(14-12-22)27(25,26)18-9-7-17(20)8-10-18/h2-10,15H,11-14H2,1H3,(H,21,24). The summed E-state index contributed by atoms with van der Waals surface area (Å²) in [6.07, 6.45) is 0. The van der Waals surface area contributed by atoms with E-state index in [0.717, 1.165) is 5.56 Å². The zero-order chi connectivity index (χ0) is 19.4. The van der Waals surface area contributed by atoms with E-state index in [-0.39, 0.29) is 30.1 Å². The smallest absolute Gasteiger partial charge is 0.317 e. The predicted molar refractivity (Wildman–Crippen MR) is 105 cm³/mol. The van der Waals surface area contributed by atoms with E-state index < -0.39 is 10.0 Å². The molecule has 1 saturated heterocycles. The molecule has 1 unspecified atom stereocenters. The Morgan fingerprint density at radius 1 is 1.00 bits per heavy atom. The summed E-state index contributed by atoms with van der Waals surface area (Å²) >= 11 is 5.83. The van der Waals surface area contributed by atoms with Crippen molar-refractivity contribution < 1.29 is 13.2 Å². The number of halogens is 1. The van der Waals surface area contributed by atoms with Crippen LogP contribution in [0.3, 0.4) is 0 Å². The van der Waals surface area contributed by atoms with Gasteiger partial charge in [0.1, 0.15) is 0 Å². The number of hydrogen-bond donors (Lipinski definition) is 1. The van der Waals surface area contributed by atoms with E-state index in [4.69, 9.17) is 11.6 Å². The molecule has 1 fully saturated rings. The minimum atomic E-state index is -3.58. The first-order valence-electron chi connectivity index (χ1n) is 8.74. The van der Waals surface area contributed by atoms with E-state index >= 15 is 0 Å². The highest BCUT2D eigenvalue weighted by Gasteiger charge is 2.30. The highest BCUT2D eigenvalue weighted by Crippen LogP contribution is 2.20. The Morgan fingerprint density at radius 2 is 1.59 bits per heavy atom. The highest BCUT2D eigenvalue weighted by molar-refractivity contribution is 7.89. The van der Waals surface area contributed by atoms with Crippen LogP contribution in [0.4, 0.5) is 4.79 Å². The molecule has 1 aliphatic rings. The molecular weight excluding hydrogens is 386 g/mol. The van der Waals surface area contributed by atoms with Crippen molar-refractivity contribution in [2.45, 2.75) is 17.9 Å². The Hall–Kier alpha value is -2.09. The number of carbonyl (C=O) groups excluding carboxylic acids is 1. The highest BCUT2D eigenvalue weighted by atomic mass is 35.5. The summed E-state index contributed by atoms with van der Waals surface area (Å²) in [7, 11) is -3.58. The SMILES string of the molecule is CC(NC(=O)N1CCN(S(=O)(=O)c2ccc(Cl)cc2)CC1)c1ccccc1. The largest absolute Gasteiger partial charge is 0.331 e. The van der Waals surface area contributed by atoms with Crippen molar-refractivity contribution >= 4 is 27.7 Å². The van der Waals surface area contributed by atoms with Crippen LogP contribution in [0.2, 0.25) is 5.02 Å². The predicted octanol–water partition coefficient (Wildman–Crippen LogP) is 3.12. The lowest BCUT2D eigenvalue weighted by Gasteiger charge is -2.34. The van der Waals surface area contributed by atoms with Crippen LogP contribution in [-0.4, -0.2) is 49.8 Å². The topological polar surface area (TPSA) is 69.7 Å². The van der Waals surface area contributed by atoms with E-state index in [2.05, 4.69) is 5.32 Å². The molecule has 2 aromatic carbocycles. The number of urea groups is 1. The molecule has 0 bridgehead atoms. The van der Waals surface area contributed by atoms with Gasteiger partial charge in [-0.3, -0.25) is 0 Å². The van der Waals surface area contributed by atoms with Crippen LogP contribution in [0.15, 0.2) is 59.5 Å². The monoisotopic (exact) mass is 407 g/mol. The second kappa shape index (κ2) is 8.29. The number of nitrogens with zero attached hydrogens (tertiary/aromatic N) is 2. The van der Waals surface area contributed by atoms with Gasteiger partial charge in [-0.05, 0) is 36.8 Å². The van der Waals surface area contributed by atoms with Gasteiger partial charge in [0, 0.05) is 31.2 Å². The van der Waals surface area contributed by atoms with Crippen molar-refractivity contribution in [3.63, 3.8) is 0 Å². The lowest BCUT2D eigenvalue weighted by molar-refractivity contribution is 0.169. The minimum Gasteiger partial charge on any atom is -0.331 e. The fourth-order valence-electron chi connectivity index (χ4n) is 2.99. The lowest BCUT2D eigenvalue weighted by atomic mass is 10.1. The van der Waals surface area contributed by atoms with Crippen LogP contribution in [-0.2, 0) is 10.0 Å². The third kappa shape index (κ3) is 4.61. The van der Waals surface area contributed by atoms with Crippen molar-refractivity contribution in [2.75, 3.05) is 26.2 Å². The average molecular weight is 408 g/mol. The molecule has 2 aromatic rings. The zero-order valence-corrected chi connectivity index (χ0v) is 16.6. The summed E-state index contributed by atoms with van der Waals surface area (Å²) < 4.78 is 26.8. The van der Waals surface area contributed by atoms with E-state index in [1.807, 2.05) is 37.3 Å². The van der Waals surface area contributed by atoms with Crippen molar-refractivity contribution in [3.8, 4) is 0 Å². The number of carbonyl (C=O) groups is 1. The quantitative estimate of drug-likeness (QED) is 0.846. The number of amides is 2. The van der Waals surface area contributed by atoms with Crippen molar-refractivity contribution in [3.05, 3.63) is 65.2 Å². The van der Waals surface area contributed by atoms with Crippen LogP contribution >= 0.6 is 11.6 Å². The van der Waals surface area contributed by atoms with Crippen LogP contribution in [0.5, 0.6) is 0 Å². The summed E-state index contributed by atoms with van der Waals surface area (Å²) in [5.41, 5.74) is 1.02. The fourth-order valence-corrected chi connectivity index (χ4v) is 4.54. The molecule has 1 aliphatic heterocycles. The van der Waals surface area contributed by atoms with Crippen LogP contribution < -0.4 is 5.32 Å². The Labute approximate surface area is 164 Å². The van der Waals surface area contributed by atoms with Gasteiger partial charge in [-0.15, -0.1) is 0 Å². The number of nitrogens with one attached hydrogen (secondary N) is 1. The van der Waals surface area contributed by atoms with Gasteiger partial charge in [0.15, 0.2) is 0 Å². The molecule has 0 saturated carbocycles. The summed E-state index contributed by atoms with van der Waals surface area (Å²) in [6, 6.07) is 15.5. The molecular formula is C19H22ClN3O3S. The summed E-state index contributed by atoms with van der Waals surface area (Å²) in [4.78, 5) is 14.3. The summed E-state index contributed by atoms with van der Waals surface area (Å²) in [5, 5.41) is 3.45. The molecule has 1 heterocycles. The number of hydrogen-bond acceptors (Lipinski definition) is 3.